The molecule has 2 rings (SSSR count). The highest BCUT2D eigenvalue weighted by atomic mass is 28.4. The highest BCUT2D eigenvalue weighted by Crippen LogP contribution is 2.38. The molecule has 1 atom stereocenters. The molecule has 0 radical (unpaired) electrons. The summed E-state index contributed by atoms with van der Waals surface area (Å²) in [5.41, 5.74) is 7.12. The average molecular weight is 337 g/mol. The van der Waals surface area contributed by atoms with Crippen LogP contribution in [0, 0.1) is 0 Å². The number of nitrogen functional groups attached to an aromatic ring is 1. The Kier molecular flexibility index (Phi) is 4.78. The lowest BCUT2D eigenvalue weighted by molar-refractivity contribution is -0.126. The number of hydrogen-bond acceptors (Lipinski definition) is 4. The zero-order valence-electron chi connectivity index (χ0n) is 15.0. The molecule has 1 aromatic rings. The van der Waals surface area contributed by atoms with Gasteiger partial charge in [0.15, 0.2) is 14.4 Å². The molecule has 0 aromatic heterocycles. The predicted octanol–water partition coefficient (Wildman–Crippen LogP) is 3.40. The summed E-state index contributed by atoms with van der Waals surface area (Å²) in [4.78, 5) is 14.1. The van der Waals surface area contributed by atoms with E-state index in [4.69, 9.17) is 14.9 Å². The maximum atomic E-state index is 12.5. The van der Waals surface area contributed by atoms with Gasteiger partial charge in [-0.3, -0.25) is 4.79 Å². The van der Waals surface area contributed by atoms with E-state index in [2.05, 4.69) is 33.9 Å². The number of carbonyl (C=O) groups excluding carboxylic acids is 1. The maximum Gasteiger partial charge on any atom is 0.267 e. The first-order valence-corrected chi connectivity index (χ1v) is 10.9. The third-order valence-corrected chi connectivity index (χ3v) is 9.41. The zero-order chi connectivity index (χ0) is 17.4. The maximum absolute atomic E-state index is 12.5. The van der Waals surface area contributed by atoms with Gasteiger partial charge in [-0.15, -0.1) is 0 Å². The molecular weight excluding hydrogens is 308 g/mol. The van der Waals surface area contributed by atoms with Gasteiger partial charge in [-0.05, 0) is 36.3 Å². The van der Waals surface area contributed by atoms with E-state index in [1.807, 2.05) is 6.07 Å². The van der Waals surface area contributed by atoms with E-state index < -0.39 is 14.4 Å². The lowest BCUT2D eigenvalue weighted by Gasteiger charge is -2.37. The smallest absolute Gasteiger partial charge is 0.267 e. The number of fused-ring (bicyclic) bond motifs is 1. The minimum Gasteiger partial charge on any atom is -0.478 e. The van der Waals surface area contributed by atoms with Crippen LogP contribution in [0.1, 0.15) is 27.2 Å². The highest BCUT2D eigenvalue weighted by Gasteiger charge is 2.38. The molecule has 1 unspecified atom stereocenters. The number of benzene rings is 1. The van der Waals surface area contributed by atoms with Crippen molar-refractivity contribution in [3.8, 4) is 5.75 Å². The van der Waals surface area contributed by atoms with Gasteiger partial charge in [0.2, 0.25) is 0 Å². The summed E-state index contributed by atoms with van der Waals surface area (Å²) in [6.07, 6.45) is 0.0559. The van der Waals surface area contributed by atoms with E-state index in [1.54, 1.807) is 24.1 Å². The van der Waals surface area contributed by atoms with Gasteiger partial charge in [0.05, 0.1) is 5.69 Å². The van der Waals surface area contributed by atoms with E-state index in [0.717, 1.165) is 5.69 Å². The molecular formula is C17H28N2O3Si. The minimum atomic E-state index is -1.80. The summed E-state index contributed by atoms with van der Waals surface area (Å²) < 4.78 is 12.0. The number of carbonyl (C=O) groups is 1. The van der Waals surface area contributed by atoms with Gasteiger partial charge in [0.25, 0.3) is 5.91 Å². The molecule has 23 heavy (non-hydrogen) atoms. The van der Waals surface area contributed by atoms with Crippen LogP contribution in [-0.4, -0.2) is 34.0 Å². The largest absolute Gasteiger partial charge is 0.478 e. The molecule has 0 fully saturated rings. The Balaban J connectivity index is 2.03. The molecule has 0 spiro atoms. The van der Waals surface area contributed by atoms with Crippen LogP contribution in [0.5, 0.6) is 5.75 Å². The molecule has 0 aliphatic carbocycles. The number of amides is 1. The van der Waals surface area contributed by atoms with Crippen molar-refractivity contribution in [2.75, 3.05) is 24.3 Å². The minimum absolute atomic E-state index is 0.0538. The lowest BCUT2D eigenvalue weighted by Crippen LogP contribution is -2.46. The van der Waals surface area contributed by atoms with Crippen molar-refractivity contribution in [1.29, 1.82) is 0 Å². The zero-order valence-corrected chi connectivity index (χ0v) is 16.0. The van der Waals surface area contributed by atoms with Crippen molar-refractivity contribution in [1.82, 2.24) is 0 Å². The van der Waals surface area contributed by atoms with Crippen LogP contribution in [0.15, 0.2) is 18.2 Å². The summed E-state index contributed by atoms with van der Waals surface area (Å²) in [5.74, 6) is 0.639. The average Bonchev–Trinajstić information content (AvgIpc) is 2.43. The Hall–Kier alpha value is -1.53. The number of nitrogens with zero attached hydrogens (tertiary/aromatic N) is 1. The van der Waals surface area contributed by atoms with E-state index in [-0.39, 0.29) is 10.9 Å². The lowest BCUT2D eigenvalue weighted by atomic mass is 10.1. The third-order valence-electron chi connectivity index (χ3n) is 4.87. The molecule has 1 aliphatic rings. The Morgan fingerprint density at radius 3 is 2.61 bits per heavy atom. The Morgan fingerprint density at radius 2 is 2.00 bits per heavy atom. The summed E-state index contributed by atoms with van der Waals surface area (Å²) >= 11 is 0. The van der Waals surface area contributed by atoms with E-state index >= 15 is 0 Å². The fourth-order valence-electron chi connectivity index (χ4n) is 2.25. The van der Waals surface area contributed by atoms with Crippen molar-refractivity contribution < 1.29 is 14.0 Å². The van der Waals surface area contributed by atoms with E-state index in [0.29, 0.717) is 24.5 Å². The molecule has 0 saturated heterocycles. The van der Waals surface area contributed by atoms with Crippen LogP contribution in [0.2, 0.25) is 18.1 Å². The second kappa shape index (κ2) is 6.17. The summed E-state index contributed by atoms with van der Waals surface area (Å²) in [5, 5.41) is 0.158. The second-order valence-corrected chi connectivity index (χ2v) is 12.4. The molecule has 128 valence electrons. The van der Waals surface area contributed by atoms with Gasteiger partial charge in [-0.2, -0.15) is 0 Å². The Morgan fingerprint density at radius 1 is 1.35 bits per heavy atom. The number of hydrogen-bond donors (Lipinski definition) is 1. The molecule has 1 aliphatic heterocycles. The molecule has 0 bridgehead atoms. The number of likely N-dealkylation sites (N-methyl/N-ethyl adjacent to an activating group) is 1. The molecule has 1 amide bonds. The highest BCUT2D eigenvalue weighted by molar-refractivity contribution is 6.74. The second-order valence-electron chi connectivity index (χ2n) is 7.63. The van der Waals surface area contributed by atoms with E-state index in [1.165, 1.54) is 0 Å². The third kappa shape index (κ3) is 3.69. The van der Waals surface area contributed by atoms with Gasteiger partial charge < -0.3 is 19.8 Å². The normalized spacial score (nSPS) is 18.6. The summed E-state index contributed by atoms with van der Waals surface area (Å²) in [7, 11) is -0.0498. The first kappa shape index (κ1) is 17.8. The molecule has 1 aromatic carbocycles. The van der Waals surface area contributed by atoms with Gasteiger partial charge in [-0.1, -0.05) is 20.8 Å². The molecule has 0 saturated carbocycles. The molecule has 6 heteroatoms. The quantitative estimate of drug-likeness (QED) is 0.676. The fraction of sp³-hybridized carbons (Fsp3) is 0.588. The SMILES string of the molecule is CN1C(=O)C(CCO[Si](C)(C)C(C)(C)C)Oc2ccc(N)cc21. The Bertz CT molecular complexity index is 596. The topological polar surface area (TPSA) is 64.8 Å². The van der Waals surface area contributed by atoms with Crippen LogP contribution in [0.3, 0.4) is 0 Å². The standard InChI is InChI=1S/C17H28N2O3Si/c1-17(2,3)23(5,6)21-10-9-15-16(20)19(4)13-11-12(18)7-8-14(13)22-15/h7-8,11,15H,9-10,18H2,1-6H3. The molecule has 5 nitrogen and oxygen atoms in total. The van der Waals surface area contributed by atoms with Crippen LogP contribution in [0.25, 0.3) is 0 Å². The van der Waals surface area contributed by atoms with Crippen LogP contribution >= 0.6 is 0 Å². The number of ether oxygens (including phenoxy) is 1. The predicted molar refractivity (Wildman–Crippen MR) is 96.4 cm³/mol. The monoisotopic (exact) mass is 336 g/mol. The number of nitrogens with two attached hydrogens (primary N) is 1. The summed E-state index contributed by atoms with van der Waals surface area (Å²) in [6.45, 7) is 11.6. The Labute approximate surface area is 139 Å². The molecule has 1 heterocycles. The number of anilines is 2. The van der Waals surface area contributed by atoms with Crippen molar-refractivity contribution in [2.24, 2.45) is 0 Å². The fourth-order valence-corrected chi connectivity index (χ4v) is 3.32. The van der Waals surface area contributed by atoms with Gasteiger partial charge in [-0.25, -0.2) is 0 Å². The van der Waals surface area contributed by atoms with Gasteiger partial charge >= 0.3 is 0 Å². The van der Waals surface area contributed by atoms with Gasteiger partial charge in [0.1, 0.15) is 5.75 Å². The number of rotatable bonds is 4. The molecule has 2 N–H and O–H groups in total. The first-order chi connectivity index (χ1) is 10.5. The van der Waals surface area contributed by atoms with Crippen molar-refractivity contribution in [3.63, 3.8) is 0 Å². The van der Waals surface area contributed by atoms with Crippen molar-refractivity contribution in [3.05, 3.63) is 18.2 Å². The van der Waals surface area contributed by atoms with Crippen LogP contribution < -0.4 is 15.4 Å². The van der Waals surface area contributed by atoms with Gasteiger partial charge in [0, 0.05) is 25.8 Å². The summed E-state index contributed by atoms with van der Waals surface area (Å²) in [6, 6.07) is 5.36. The van der Waals surface area contributed by atoms with Crippen molar-refractivity contribution in [2.45, 2.75) is 51.4 Å². The van der Waals surface area contributed by atoms with Crippen LogP contribution in [-0.2, 0) is 9.22 Å². The van der Waals surface area contributed by atoms with E-state index in [9.17, 15) is 4.79 Å². The first-order valence-electron chi connectivity index (χ1n) is 8.00. The van der Waals surface area contributed by atoms with Crippen molar-refractivity contribution >= 4 is 25.6 Å². The van der Waals surface area contributed by atoms with Crippen LogP contribution in [0.4, 0.5) is 11.4 Å².